The molecule has 21 heavy (non-hydrogen) atoms. The lowest BCUT2D eigenvalue weighted by atomic mass is 10.2. The maximum Gasteiger partial charge on any atom is 0.238 e. The molecule has 118 valence electrons. The summed E-state index contributed by atoms with van der Waals surface area (Å²) in [6, 6.07) is 5.87. The molecule has 1 aromatic rings. The van der Waals surface area contributed by atoms with Gasteiger partial charge in [0.05, 0.1) is 4.90 Å². The van der Waals surface area contributed by atoms with Crippen molar-refractivity contribution in [2.24, 2.45) is 0 Å². The van der Waals surface area contributed by atoms with Crippen molar-refractivity contribution < 1.29 is 13.2 Å². The second-order valence-electron chi connectivity index (χ2n) is 4.85. The van der Waals surface area contributed by atoms with E-state index < -0.39 is 15.6 Å². The molecule has 8 heteroatoms. The van der Waals surface area contributed by atoms with Gasteiger partial charge in [-0.1, -0.05) is 11.6 Å². The third-order valence-corrected chi connectivity index (χ3v) is 5.18. The molecule has 1 atom stereocenters. The van der Waals surface area contributed by atoms with Gasteiger partial charge in [0.1, 0.15) is 5.75 Å². The van der Waals surface area contributed by atoms with Crippen molar-refractivity contribution in [3.63, 3.8) is 0 Å². The SMILES string of the molecule is C[C@H]1CNCCN1C(=O)CS(=O)(=O)c1ccc(Cl)cc1.Cl. The number of benzene rings is 1. The quantitative estimate of drug-likeness (QED) is 0.891. The molecule has 1 heterocycles. The molecule has 0 aromatic heterocycles. The van der Waals surface area contributed by atoms with Gasteiger partial charge in [-0.05, 0) is 31.2 Å². The fraction of sp³-hybridized carbons (Fsp3) is 0.462. The van der Waals surface area contributed by atoms with Crippen molar-refractivity contribution in [3.05, 3.63) is 29.3 Å². The molecule has 1 N–H and O–H groups in total. The first-order valence-corrected chi connectivity index (χ1v) is 8.42. The number of amides is 1. The average molecular weight is 353 g/mol. The Morgan fingerprint density at radius 3 is 2.57 bits per heavy atom. The van der Waals surface area contributed by atoms with E-state index in [-0.39, 0.29) is 29.3 Å². The van der Waals surface area contributed by atoms with E-state index in [1.807, 2.05) is 6.92 Å². The van der Waals surface area contributed by atoms with Crippen LogP contribution in [0.3, 0.4) is 0 Å². The van der Waals surface area contributed by atoms with E-state index in [0.717, 1.165) is 0 Å². The smallest absolute Gasteiger partial charge is 0.238 e. The zero-order chi connectivity index (χ0) is 14.8. The number of carbonyl (C=O) groups excluding carboxylic acids is 1. The Hall–Kier alpha value is -0.820. The normalized spacial score (nSPS) is 19.0. The number of hydrogen-bond acceptors (Lipinski definition) is 4. The van der Waals surface area contributed by atoms with Crippen molar-refractivity contribution >= 4 is 39.8 Å². The van der Waals surface area contributed by atoms with Gasteiger partial charge in [-0.2, -0.15) is 0 Å². The highest BCUT2D eigenvalue weighted by atomic mass is 35.5. The Kier molecular flexibility index (Phi) is 6.46. The molecule has 0 radical (unpaired) electrons. The van der Waals surface area contributed by atoms with Gasteiger partial charge >= 0.3 is 0 Å². The molecule has 2 rings (SSSR count). The molecule has 1 aliphatic heterocycles. The van der Waals surface area contributed by atoms with Crippen molar-refractivity contribution in [2.45, 2.75) is 17.9 Å². The van der Waals surface area contributed by atoms with Crippen LogP contribution in [0, 0.1) is 0 Å². The van der Waals surface area contributed by atoms with Crippen LogP contribution in [0.4, 0.5) is 0 Å². The summed E-state index contributed by atoms with van der Waals surface area (Å²) < 4.78 is 24.4. The average Bonchev–Trinajstić information content (AvgIpc) is 2.39. The predicted octanol–water partition coefficient (Wildman–Crippen LogP) is 1.36. The number of carbonyl (C=O) groups is 1. The molecular weight excluding hydrogens is 335 g/mol. The van der Waals surface area contributed by atoms with Crippen molar-refractivity contribution in [3.8, 4) is 0 Å². The molecule has 0 saturated carbocycles. The summed E-state index contributed by atoms with van der Waals surface area (Å²) in [6.07, 6.45) is 0. The minimum absolute atomic E-state index is 0. The largest absolute Gasteiger partial charge is 0.337 e. The van der Waals surface area contributed by atoms with E-state index >= 15 is 0 Å². The summed E-state index contributed by atoms with van der Waals surface area (Å²) >= 11 is 5.73. The summed E-state index contributed by atoms with van der Waals surface area (Å²) in [4.78, 5) is 13.9. The van der Waals surface area contributed by atoms with Crippen molar-refractivity contribution in [1.82, 2.24) is 10.2 Å². The van der Waals surface area contributed by atoms with E-state index in [1.165, 1.54) is 24.3 Å². The van der Waals surface area contributed by atoms with Crippen LogP contribution >= 0.6 is 24.0 Å². The van der Waals surface area contributed by atoms with Gasteiger partial charge in [-0.15, -0.1) is 12.4 Å². The van der Waals surface area contributed by atoms with Gasteiger partial charge in [0.15, 0.2) is 9.84 Å². The highest BCUT2D eigenvalue weighted by Gasteiger charge is 2.27. The van der Waals surface area contributed by atoms with Gasteiger partial charge in [-0.3, -0.25) is 4.79 Å². The highest BCUT2D eigenvalue weighted by molar-refractivity contribution is 7.92. The van der Waals surface area contributed by atoms with Crippen LogP contribution in [0.5, 0.6) is 0 Å². The summed E-state index contributed by atoms with van der Waals surface area (Å²) in [6.45, 7) is 3.82. The number of piperazine rings is 1. The van der Waals surface area contributed by atoms with Crippen LogP contribution in [0.1, 0.15) is 6.92 Å². The summed E-state index contributed by atoms with van der Waals surface area (Å²) in [5.41, 5.74) is 0. The van der Waals surface area contributed by atoms with Crippen LogP contribution in [0.25, 0.3) is 0 Å². The predicted molar refractivity (Wildman–Crippen MR) is 84.8 cm³/mol. The number of nitrogens with one attached hydrogen (secondary N) is 1. The van der Waals surface area contributed by atoms with Gasteiger partial charge in [0.2, 0.25) is 5.91 Å². The first kappa shape index (κ1) is 18.2. The van der Waals surface area contributed by atoms with E-state index in [2.05, 4.69) is 5.32 Å². The van der Waals surface area contributed by atoms with E-state index in [4.69, 9.17) is 11.6 Å². The molecule has 1 amide bonds. The minimum Gasteiger partial charge on any atom is -0.337 e. The summed E-state index contributed by atoms with van der Waals surface area (Å²) in [5.74, 6) is -0.854. The van der Waals surface area contributed by atoms with E-state index in [0.29, 0.717) is 24.7 Å². The number of sulfone groups is 1. The molecular formula is C13H18Cl2N2O3S. The van der Waals surface area contributed by atoms with Crippen LogP contribution in [0.2, 0.25) is 5.02 Å². The van der Waals surface area contributed by atoms with Gasteiger partial charge in [-0.25, -0.2) is 8.42 Å². The molecule has 0 spiro atoms. The lowest BCUT2D eigenvalue weighted by molar-refractivity contribution is -0.131. The number of rotatable bonds is 3. The van der Waals surface area contributed by atoms with Crippen molar-refractivity contribution in [2.75, 3.05) is 25.4 Å². The number of halogens is 2. The topological polar surface area (TPSA) is 66.5 Å². The first-order chi connectivity index (χ1) is 9.40. The molecule has 1 fully saturated rings. The summed E-state index contributed by atoms with van der Waals surface area (Å²) in [5, 5.41) is 3.63. The Morgan fingerprint density at radius 2 is 2.00 bits per heavy atom. The molecule has 1 aromatic carbocycles. The maximum absolute atomic E-state index is 12.2. The Labute approximate surface area is 136 Å². The van der Waals surface area contributed by atoms with Crippen LogP contribution in [-0.2, 0) is 14.6 Å². The summed E-state index contributed by atoms with van der Waals surface area (Å²) in [7, 11) is -3.62. The lowest BCUT2D eigenvalue weighted by Crippen LogP contribution is -2.53. The minimum atomic E-state index is -3.62. The van der Waals surface area contributed by atoms with Crippen LogP contribution in [0.15, 0.2) is 29.2 Å². The number of nitrogens with zero attached hydrogens (tertiary/aromatic N) is 1. The number of hydrogen-bond donors (Lipinski definition) is 1. The Bertz CT molecular complexity index is 590. The van der Waals surface area contributed by atoms with Crippen LogP contribution in [-0.4, -0.2) is 50.7 Å². The molecule has 1 saturated heterocycles. The molecule has 5 nitrogen and oxygen atoms in total. The molecule has 0 unspecified atom stereocenters. The molecule has 1 aliphatic rings. The van der Waals surface area contributed by atoms with Gasteiger partial charge in [0.25, 0.3) is 0 Å². The zero-order valence-electron chi connectivity index (χ0n) is 11.6. The first-order valence-electron chi connectivity index (χ1n) is 6.38. The standard InChI is InChI=1S/C13H17ClN2O3S.ClH/c1-10-8-15-6-7-16(10)13(17)9-20(18,19)12-4-2-11(14)3-5-12;/h2-5,10,15H,6-9H2,1H3;1H/t10-;/m0./s1. The highest BCUT2D eigenvalue weighted by Crippen LogP contribution is 2.16. The third kappa shape index (κ3) is 4.57. The van der Waals surface area contributed by atoms with Gasteiger partial charge in [0, 0.05) is 30.7 Å². The zero-order valence-corrected chi connectivity index (χ0v) is 14.0. The fourth-order valence-corrected chi connectivity index (χ4v) is 3.52. The second-order valence-corrected chi connectivity index (χ2v) is 7.28. The maximum atomic E-state index is 12.2. The Morgan fingerprint density at radius 1 is 1.38 bits per heavy atom. The molecule has 0 aliphatic carbocycles. The molecule has 0 bridgehead atoms. The monoisotopic (exact) mass is 352 g/mol. The van der Waals surface area contributed by atoms with E-state index in [9.17, 15) is 13.2 Å². The third-order valence-electron chi connectivity index (χ3n) is 3.31. The van der Waals surface area contributed by atoms with Gasteiger partial charge < -0.3 is 10.2 Å². The van der Waals surface area contributed by atoms with Crippen LogP contribution < -0.4 is 5.32 Å². The second kappa shape index (κ2) is 7.45. The van der Waals surface area contributed by atoms with E-state index in [1.54, 1.807) is 4.90 Å². The Balaban J connectivity index is 0.00000220. The lowest BCUT2D eigenvalue weighted by Gasteiger charge is -2.33. The fourth-order valence-electron chi connectivity index (χ4n) is 2.18. The van der Waals surface area contributed by atoms with Crippen molar-refractivity contribution in [1.29, 1.82) is 0 Å².